The second-order valence-corrected chi connectivity index (χ2v) is 6.68. The van der Waals surface area contributed by atoms with Crippen LogP contribution in [0.2, 0.25) is 5.15 Å². The molecule has 0 aliphatic rings. The van der Waals surface area contributed by atoms with Crippen LogP contribution in [0.3, 0.4) is 0 Å². The van der Waals surface area contributed by atoms with Crippen LogP contribution in [0.5, 0.6) is 5.75 Å². The SMILES string of the molecule is CC.COCCc1nc(Cl)c2c(n1)[nH]c1cc(-c3c(C)noc3C)c(OC)cc12. The first-order chi connectivity index (χ1) is 14.0. The van der Waals surface area contributed by atoms with Crippen LogP contribution < -0.4 is 4.74 Å². The Morgan fingerprint density at radius 3 is 2.52 bits per heavy atom. The number of ether oxygens (including phenoxy) is 2. The second kappa shape index (κ2) is 8.80. The normalized spacial score (nSPS) is 11.0. The molecule has 0 spiro atoms. The van der Waals surface area contributed by atoms with Gasteiger partial charge in [-0.3, -0.25) is 0 Å². The van der Waals surface area contributed by atoms with E-state index in [1.54, 1.807) is 14.2 Å². The lowest BCUT2D eigenvalue weighted by Crippen LogP contribution is -2.01. The summed E-state index contributed by atoms with van der Waals surface area (Å²) in [6.45, 7) is 8.33. The van der Waals surface area contributed by atoms with Gasteiger partial charge in [-0.1, -0.05) is 30.6 Å². The van der Waals surface area contributed by atoms with Crippen molar-refractivity contribution in [2.45, 2.75) is 34.1 Å². The Bertz CT molecular complexity index is 1130. The van der Waals surface area contributed by atoms with Gasteiger partial charge < -0.3 is 19.0 Å². The fourth-order valence-electron chi connectivity index (χ4n) is 3.36. The summed E-state index contributed by atoms with van der Waals surface area (Å²) >= 11 is 6.47. The summed E-state index contributed by atoms with van der Waals surface area (Å²) in [4.78, 5) is 12.3. The highest BCUT2D eigenvalue weighted by molar-refractivity contribution is 6.36. The average Bonchev–Trinajstić information content (AvgIpc) is 3.25. The van der Waals surface area contributed by atoms with E-state index in [0.717, 1.165) is 38.9 Å². The highest BCUT2D eigenvalue weighted by Crippen LogP contribution is 2.40. The average molecular weight is 417 g/mol. The molecule has 8 heteroatoms. The largest absolute Gasteiger partial charge is 0.496 e. The van der Waals surface area contributed by atoms with E-state index in [9.17, 15) is 0 Å². The number of halogens is 1. The molecular formula is C21H25ClN4O3. The lowest BCUT2D eigenvalue weighted by atomic mass is 10.0. The van der Waals surface area contributed by atoms with Crippen LogP contribution in [-0.2, 0) is 11.2 Å². The summed E-state index contributed by atoms with van der Waals surface area (Å²) in [6, 6.07) is 3.95. The highest BCUT2D eigenvalue weighted by Gasteiger charge is 2.20. The maximum Gasteiger partial charge on any atom is 0.143 e. The van der Waals surface area contributed by atoms with Crippen LogP contribution in [0.1, 0.15) is 31.1 Å². The number of hydrogen-bond acceptors (Lipinski definition) is 6. The van der Waals surface area contributed by atoms with Crippen LogP contribution in [0.25, 0.3) is 33.1 Å². The number of fused-ring (bicyclic) bond motifs is 3. The zero-order valence-electron chi connectivity index (χ0n) is 17.5. The number of nitrogens with zero attached hydrogens (tertiary/aromatic N) is 3. The minimum Gasteiger partial charge on any atom is -0.496 e. The molecule has 1 N–H and O–H groups in total. The number of nitrogens with one attached hydrogen (secondary N) is 1. The van der Waals surface area contributed by atoms with E-state index in [1.807, 2.05) is 39.8 Å². The maximum absolute atomic E-state index is 6.47. The first-order valence-electron chi connectivity index (χ1n) is 9.51. The molecule has 3 aromatic heterocycles. The second-order valence-electron chi connectivity index (χ2n) is 6.32. The van der Waals surface area contributed by atoms with Gasteiger partial charge in [-0.25, -0.2) is 9.97 Å². The number of aromatic nitrogens is 4. The van der Waals surface area contributed by atoms with Gasteiger partial charge in [0.15, 0.2) is 0 Å². The number of benzene rings is 1. The number of H-pyrrole nitrogens is 1. The molecule has 3 heterocycles. The van der Waals surface area contributed by atoms with E-state index < -0.39 is 0 Å². The van der Waals surface area contributed by atoms with Crippen molar-refractivity contribution in [1.82, 2.24) is 20.1 Å². The van der Waals surface area contributed by atoms with Crippen LogP contribution in [-0.4, -0.2) is 40.9 Å². The van der Waals surface area contributed by atoms with E-state index >= 15 is 0 Å². The molecule has 0 fully saturated rings. The zero-order chi connectivity index (χ0) is 21.1. The van der Waals surface area contributed by atoms with Crippen LogP contribution in [0.15, 0.2) is 16.7 Å². The van der Waals surface area contributed by atoms with E-state index in [1.165, 1.54) is 0 Å². The smallest absolute Gasteiger partial charge is 0.143 e. The van der Waals surface area contributed by atoms with Crippen molar-refractivity contribution >= 4 is 33.5 Å². The summed E-state index contributed by atoms with van der Waals surface area (Å²) in [7, 11) is 3.28. The van der Waals surface area contributed by atoms with E-state index in [4.69, 9.17) is 25.6 Å². The van der Waals surface area contributed by atoms with E-state index in [-0.39, 0.29) is 0 Å². The van der Waals surface area contributed by atoms with Crippen LogP contribution in [0, 0.1) is 13.8 Å². The summed E-state index contributed by atoms with van der Waals surface area (Å²) in [6.07, 6.45) is 0.592. The molecule has 0 aliphatic heterocycles. The molecule has 0 radical (unpaired) electrons. The van der Waals surface area contributed by atoms with Gasteiger partial charge in [0, 0.05) is 30.0 Å². The van der Waals surface area contributed by atoms with Crippen LogP contribution >= 0.6 is 11.6 Å². The highest BCUT2D eigenvalue weighted by atomic mass is 35.5. The van der Waals surface area contributed by atoms with E-state index in [2.05, 4.69) is 20.1 Å². The fourth-order valence-corrected chi connectivity index (χ4v) is 3.65. The number of hydrogen-bond donors (Lipinski definition) is 1. The third kappa shape index (κ3) is 3.80. The molecule has 0 saturated carbocycles. The predicted molar refractivity (Wildman–Crippen MR) is 115 cm³/mol. The standard InChI is InChI=1S/C19H19ClN4O3.C2H6/c1-9-16(10(2)27-24-9)12-7-13-11(8-14(12)26-4)17-18(20)22-15(5-6-25-3)23-19(17)21-13;1-2/h7-8H,5-6H2,1-4H3,(H,21,22,23);1-2H3. The summed E-state index contributed by atoms with van der Waals surface area (Å²) < 4.78 is 16.1. The topological polar surface area (TPSA) is 86.1 Å². The van der Waals surface area contributed by atoms with Crippen molar-refractivity contribution in [1.29, 1.82) is 0 Å². The molecule has 1 aromatic carbocycles. The minimum absolute atomic E-state index is 0.407. The quantitative estimate of drug-likeness (QED) is 0.446. The van der Waals surface area contributed by atoms with Crippen molar-refractivity contribution in [3.8, 4) is 16.9 Å². The van der Waals surface area contributed by atoms with Crippen molar-refractivity contribution in [2.75, 3.05) is 20.8 Å². The van der Waals surface area contributed by atoms with E-state index in [0.29, 0.717) is 35.4 Å². The van der Waals surface area contributed by atoms with Crippen LogP contribution in [0.4, 0.5) is 0 Å². The van der Waals surface area contributed by atoms with Crippen molar-refractivity contribution < 1.29 is 14.0 Å². The summed E-state index contributed by atoms with van der Waals surface area (Å²) in [5, 5.41) is 6.13. The maximum atomic E-state index is 6.47. The Kier molecular flexibility index (Phi) is 6.39. The number of rotatable bonds is 5. The Hall–Kier alpha value is -2.64. The molecule has 4 aromatic rings. The Balaban J connectivity index is 0.00000117. The molecule has 0 saturated heterocycles. The van der Waals surface area contributed by atoms with Gasteiger partial charge in [0.1, 0.15) is 28.1 Å². The zero-order valence-corrected chi connectivity index (χ0v) is 18.3. The lowest BCUT2D eigenvalue weighted by Gasteiger charge is -2.09. The Morgan fingerprint density at radius 2 is 1.90 bits per heavy atom. The van der Waals surface area contributed by atoms with Gasteiger partial charge in [-0.15, -0.1) is 0 Å². The summed E-state index contributed by atoms with van der Waals surface area (Å²) in [5.74, 6) is 2.08. The molecule has 7 nitrogen and oxygen atoms in total. The molecule has 0 bridgehead atoms. The molecule has 0 unspecified atom stereocenters. The Morgan fingerprint density at radius 1 is 1.14 bits per heavy atom. The molecule has 0 atom stereocenters. The first-order valence-corrected chi connectivity index (χ1v) is 9.89. The minimum atomic E-state index is 0.407. The number of aromatic amines is 1. The monoisotopic (exact) mass is 416 g/mol. The van der Waals surface area contributed by atoms with Gasteiger partial charge in [0.05, 0.1) is 30.4 Å². The van der Waals surface area contributed by atoms with Crippen molar-refractivity contribution in [3.05, 3.63) is 34.6 Å². The lowest BCUT2D eigenvalue weighted by molar-refractivity contribution is 0.200. The predicted octanol–water partition coefficient (Wildman–Crippen LogP) is 5.26. The molecule has 0 amide bonds. The molecule has 29 heavy (non-hydrogen) atoms. The molecule has 4 rings (SSSR count). The van der Waals surface area contributed by atoms with Gasteiger partial charge >= 0.3 is 0 Å². The summed E-state index contributed by atoms with van der Waals surface area (Å²) in [5.41, 5.74) is 4.21. The van der Waals surface area contributed by atoms with Gasteiger partial charge in [-0.05, 0) is 26.0 Å². The fraction of sp³-hybridized carbons (Fsp3) is 0.381. The molecule has 0 aliphatic carbocycles. The number of methoxy groups -OCH3 is 2. The van der Waals surface area contributed by atoms with Gasteiger partial charge in [-0.2, -0.15) is 0 Å². The van der Waals surface area contributed by atoms with Gasteiger partial charge in [0.25, 0.3) is 0 Å². The molecule has 154 valence electrons. The van der Waals surface area contributed by atoms with Crippen molar-refractivity contribution in [3.63, 3.8) is 0 Å². The number of aryl methyl sites for hydroxylation is 2. The third-order valence-electron chi connectivity index (χ3n) is 4.61. The van der Waals surface area contributed by atoms with Crippen molar-refractivity contribution in [2.24, 2.45) is 0 Å². The third-order valence-corrected chi connectivity index (χ3v) is 4.88. The molecular weight excluding hydrogens is 392 g/mol. The van der Waals surface area contributed by atoms with Gasteiger partial charge in [0.2, 0.25) is 0 Å². The first kappa shape index (κ1) is 21.1. The Labute approximate surface area is 174 Å².